The molecule has 7 nitrogen and oxygen atoms in total. The first-order valence-electron chi connectivity index (χ1n) is 14.3. The average molecular weight is 598 g/mol. The normalized spacial score (nSPS) is 21.0. The Morgan fingerprint density at radius 3 is 2.66 bits per heavy atom. The summed E-state index contributed by atoms with van der Waals surface area (Å²) in [5, 5.41) is 0.776. The standard InChI is InChI=1S/C32H40ClN3O4S/c1-6-17-36(29(38)40-30(2,3)4)32(15-8-16-32)28(37)34-41-24-11-13-27-26(19-24)35(5)20-31(21-39-27)14-7-9-22-18-23(33)10-12-25(22)31/h6,10-13,18-19H,1,7-9,14-17,20-21H2,2-5H3,(H,34,37)/t31-/m0/s1. The Hall–Kier alpha value is -2.84. The molecular formula is C32H40ClN3O4S. The molecule has 1 atom stereocenters. The number of likely N-dealkylation sites (N-methyl/N-ethyl adjacent to an activating group) is 1. The number of nitrogens with zero attached hydrogens (tertiary/aromatic N) is 2. The summed E-state index contributed by atoms with van der Waals surface area (Å²) < 4.78 is 15.1. The zero-order valence-corrected chi connectivity index (χ0v) is 26.0. The molecule has 41 heavy (non-hydrogen) atoms. The molecule has 3 aliphatic rings. The lowest BCUT2D eigenvalue weighted by molar-refractivity contribution is -0.136. The molecule has 2 aromatic rings. The molecule has 0 bridgehead atoms. The van der Waals surface area contributed by atoms with Crippen LogP contribution in [0, 0.1) is 0 Å². The summed E-state index contributed by atoms with van der Waals surface area (Å²) >= 11 is 7.58. The quantitative estimate of drug-likeness (QED) is 0.288. The van der Waals surface area contributed by atoms with Gasteiger partial charge < -0.3 is 14.4 Å². The highest BCUT2D eigenvalue weighted by molar-refractivity contribution is 7.98. The molecule has 0 radical (unpaired) electrons. The fourth-order valence-electron chi connectivity index (χ4n) is 6.34. The van der Waals surface area contributed by atoms with Crippen LogP contribution in [0.4, 0.5) is 10.5 Å². The van der Waals surface area contributed by atoms with Gasteiger partial charge in [0.15, 0.2) is 0 Å². The van der Waals surface area contributed by atoms with Crippen LogP contribution in [-0.2, 0) is 21.4 Å². The van der Waals surface area contributed by atoms with Gasteiger partial charge in [-0.3, -0.25) is 14.4 Å². The van der Waals surface area contributed by atoms with Gasteiger partial charge in [-0.15, -0.1) is 6.58 Å². The first-order valence-corrected chi connectivity index (χ1v) is 15.5. The number of ether oxygens (including phenoxy) is 2. The van der Waals surface area contributed by atoms with E-state index in [0.29, 0.717) is 19.4 Å². The van der Waals surface area contributed by atoms with Crippen molar-refractivity contribution in [2.45, 2.75) is 80.7 Å². The maximum absolute atomic E-state index is 13.6. The van der Waals surface area contributed by atoms with Gasteiger partial charge in [-0.05, 0) is 113 Å². The van der Waals surface area contributed by atoms with Crippen molar-refractivity contribution in [3.05, 3.63) is 65.2 Å². The maximum Gasteiger partial charge on any atom is 0.411 e. The highest BCUT2D eigenvalue weighted by Crippen LogP contribution is 2.45. The Bertz CT molecular complexity index is 1340. The summed E-state index contributed by atoms with van der Waals surface area (Å²) in [5.41, 5.74) is 1.91. The minimum Gasteiger partial charge on any atom is -0.490 e. The van der Waals surface area contributed by atoms with Crippen LogP contribution in [-0.4, -0.2) is 54.8 Å². The predicted octanol–water partition coefficient (Wildman–Crippen LogP) is 6.91. The van der Waals surface area contributed by atoms with E-state index < -0.39 is 17.2 Å². The van der Waals surface area contributed by atoms with Crippen LogP contribution in [0.15, 0.2) is 53.9 Å². The van der Waals surface area contributed by atoms with E-state index in [4.69, 9.17) is 21.1 Å². The van der Waals surface area contributed by atoms with E-state index in [1.54, 1.807) is 6.08 Å². The van der Waals surface area contributed by atoms with Crippen molar-refractivity contribution in [3.63, 3.8) is 0 Å². The van der Waals surface area contributed by atoms with Gasteiger partial charge in [0.25, 0.3) is 5.91 Å². The molecule has 1 saturated carbocycles. The van der Waals surface area contributed by atoms with Gasteiger partial charge in [-0.25, -0.2) is 4.79 Å². The number of carbonyl (C=O) groups is 2. The Kier molecular flexibility index (Phi) is 8.27. The Morgan fingerprint density at radius 2 is 1.98 bits per heavy atom. The largest absolute Gasteiger partial charge is 0.490 e. The van der Waals surface area contributed by atoms with Gasteiger partial charge in [0.05, 0.1) is 12.3 Å². The lowest BCUT2D eigenvalue weighted by Crippen LogP contribution is -2.64. The smallest absolute Gasteiger partial charge is 0.411 e. The molecule has 2 aliphatic carbocycles. The molecule has 9 heteroatoms. The number of hydrogen-bond acceptors (Lipinski definition) is 6. The number of hydrogen-bond donors (Lipinski definition) is 1. The second-order valence-electron chi connectivity index (χ2n) is 12.5. The summed E-state index contributed by atoms with van der Waals surface area (Å²) in [6.07, 6.45) is 6.37. The third kappa shape index (κ3) is 5.91. The van der Waals surface area contributed by atoms with Crippen LogP contribution >= 0.6 is 23.5 Å². The molecule has 1 aliphatic heterocycles. The summed E-state index contributed by atoms with van der Waals surface area (Å²) in [5.74, 6) is 0.635. The summed E-state index contributed by atoms with van der Waals surface area (Å²) in [6, 6.07) is 12.3. The highest BCUT2D eigenvalue weighted by Gasteiger charge is 2.52. The van der Waals surface area contributed by atoms with Gasteiger partial charge in [-0.2, -0.15) is 0 Å². The van der Waals surface area contributed by atoms with E-state index in [1.165, 1.54) is 28.0 Å². The molecule has 1 heterocycles. The predicted molar refractivity (Wildman–Crippen MR) is 165 cm³/mol. The Balaban J connectivity index is 1.31. The van der Waals surface area contributed by atoms with E-state index >= 15 is 0 Å². The van der Waals surface area contributed by atoms with Crippen molar-refractivity contribution in [2.24, 2.45) is 0 Å². The van der Waals surface area contributed by atoms with E-state index in [0.717, 1.165) is 53.6 Å². The number of aryl methyl sites for hydroxylation is 1. The van der Waals surface area contributed by atoms with E-state index in [1.807, 2.05) is 39.0 Å². The van der Waals surface area contributed by atoms with Gasteiger partial charge in [0, 0.05) is 35.5 Å². The zero-order valence-electron chi connectivity index (χ0n) is 24.4. The lowest BCUT2D eigenvalue weighted by Gasteiger charge is -2.47. The number of benzene rings is 2. The van der Waals surface area contributed by atoms with Gasteiger partial charge in [-0.1, -0.05) is 23.7 Å². The monoisotopic (exact) mass is 597 g/mol. The van der Waals surface area contributed by atoms with Crippen molar-refractivity contribution >= 4 is 41.2 Å². The first kappa shape index (κ1) is 29.6. The average Bonchev–Trinajstić information content (AvgIpc) is 3.01. The third-order valence-corrected chi connectivity index (χ3v) is 9.44. The lowest BCUT2D eigenvalue weighted by atomic mass is 9.70. The van der Waals surface area contributed by atoms with Crippen molar-refractivity contribution < 1.29 is 19.1 Å². The number of nitrogens with one attached hydrogen (secondary N) is 1. The summed E-state index contributed by atoms with van der Waals surface area (Å²) in [4.78, 5) is 31.3. The van der Waals surface area contributed by atoms with Crippen molar-refractivity contribution in [1.82, 2.24) is 9.62 Å². The van der Waals surface area contributed by atoms with E-state index in [9.17, 15) is 9.59 Å². The highest BCUT2D eigenvalue weighted by atomic mass is 35.5. The first-order chi connectivity index (χ1) is 19.5. The van der Waals surface area contributed by atoms with Crippen molar-refractivity contribution in [1.29, 1.82) is 0 Å². The van der Waals surface area contributed by atoms with Crippen LogP contribution in [0.25, 0.3) is 0 Å². The summed E-state index contributed by atoms with van der Waals surface area (Å²) in [7, 11) is 2.10. The zero-order chi connectivity index (χ0) is 29.4. The maximum atomic E-state index is 13.6. The number of halogens is 1. The number of rotatable bonds is 6. The second-order valence-corrected chi connectivity index (χ2v) is 13.8. The molecule has 1 spiro atoms. The second kappa shape index (κ2) is 11.4. The number of amides is 2. The Morgan fingerprint density at radius 1 is 1.20 bits per heavy atom. The van der Waals surface area contributed by atoms with Crippen molar-refractivity contribution in [2.75, 3.05) is 31.6 Å². The van der Waals surface area contributed by atoms with Crippen molar-refractivity contribution in [3.8, 4) is 5.75 Å². The fourth-order valence-corrected chi connectivity index (χ4v) is 7.24. The minimum absolute atomic E-state index is 0.111. The molecule has 0 aromatic heterocycles. The SMILES string of the molecule is C=CCN(C(=O)OC(C)(C)C)C1(C(=O)NSc2ccc3c(c2)N(C)C[C@@]2(CCCc4cc(Cl)ccc42)CO3)CCC1. The molecule has 2 aromatic carbocycles. The van der Waals surface area contributed by atoms with Crippen LogP contribution in [0.1, 0.15) is 64.0 Å². The van der Waals surface area contributed by atoms with Gasteiger partial charge in [0.1, 0.15) is 16.9 Å². The molecule has 1 fully saturated rings. The van der Waals surface area contributed by atoms with Gasteiger partial charge in [0.2, 0.25) is 0 Å². The molecule has 5 rings (SSSR count). The van der Waals surface area contributed by atoms with E-state index in [-0.39, 0.29) is 17.9 Å². The summed E-state index contributed by atoms with van der Waals surface area (Å²) in [6.45, 7) is 10.9. The van der Waals surface area contributed by atoms with Gasteiger partial charge >= 0.3 is 6.09 Å². The van der Waals surface area contributed by atoms with Crippen LogP contribution in [0.3, 0.4) is 0 Å². The van der Waals surface area contributed by atoms with Crippen LogP contribution in [0.5, 0.6) is 5.75 Å². The topological polar surface area (TPSA) is 71.1 Å². The number of anilines is 1. The number of fused-ring (bicyclic) bond motifs is 3. The minimum atomic E-state index is -0.946. The van der Waals surface area contributed by atoms with Crippen LogP contribution in [0.2, 0.25) is 5.02 Å². The van der Waals surface area contributed by atoms with E-state index in [2.05, 4.69) is 41.4 Å². The Labute approximate surface area is 252 Å². The molecular weight excluding hydrogens is 558 g/mol. The molecule has 2 amide bonds. The fraction of sp³-hybridized carbons (Fsp3) is 0.500. The number of carbonyl (C=O) groups excluding carboxylic acids is 2. The van der Waals surface area contributed by atoms with Crippen LogP contribution < -0.4 is 14.4 Å². The molecule has 220 valence electrons. The molecule has 0 unspecified atom stereocenters. The molecule has 0 saturated heterocycles. The third-order valence-electron chi connectivity index (χ3n) is 8.43. The molecule has 1 N–H and O–H groups in total.